The van der Waals surface area contributed by atoms with Crippen molar-refractivity contribution >= 4 is 34.1 Å². The first kappa shape index (κ1) is 20.4. The van der Waals surface area contributed by atoms with Crippen molar-refractivity contribution in [2.24, 2.45) is 0 Å². The molecule has 0 radical (unpaired) electrons. The molecule has 2 atom stereocenters. The fourth-order valence-corrected chi connectivity index (χ4v) is 4.60. The number of carbonyl (C=O) groups excluding carboxylic acids is 1. The maximum atomic E-state index is 12.7. The molecule has 6 nitrogen and oxygen atoms in total. The number of aromatic nitrogens is 2. The van der Waals surface area contributed by atoms with E-state index in [1.54, 1.807) is 6.26 Å². The minimum Gasteiger partial charge on any atom is -0.467 e. The zero-order chi connectivity index (χ0) is 19.8. The maximum Gasteiger partial charge on any atom is 0.233 e. The Morgan fingerprint density at radius 1 is 1.21 bits per heavy atom. The van der Waals surface area contributed by atoms with Crippen molar-refractivity contribution in [3.05, 3.63) is 60.1 Å². The highest BCUT2D eigenvalue weighted by Gasteiger charge is 2.21. The van der Waals surface area contributed by atoms with Crippen LogP contribution in [0.1, 0.15) is 44.1 Å². The summed E-state index contributed by atoms with van der Waals surface area (Å²) in [6.07, 6.45) is 3.55. The van der Waals surface area contributed by atoms with E-state index in [2.05, 4.69) is 39.9 Å². The number of nitrogens with zero attached hydrogens (tertiary/aromatic N) is 2. The van der Waals surface area contributed by atoms with E-state index in [4.69, 9.17) is 4.42 Å². The molecule has 0 aliphatic carbocycles. The zero-order valence-electron chi connectivity index (χ0n) is 15.9. The van der Waals surface area contributed by atoms with Gasteiger partial charge in [0.1, 0.15) is 5.76 Å². The zero-order valence-corrected chi connectivity index (χ0v) is 17.6. The van der Waals surface area contributed by atoms with Gasteiger partial charge < -0.3 is 15.1 Å². The van der Waals surface area contributed by atoms with Crippen molar-refractivity contribution in [3.8, 4) is 0 Å². The second kappa shape index (κ2) is 10.3. The average molecular weight is 417 g/mol. The predicted molar refractivity (Wildman–Crippen MR) is 113 cm³/mol. The van der Waals surface area contributed by atoms with Crippen LogP contribution in [0.25, 0.3) is 0 Å². The standard InChI is InChI=1S/C20H24N4O2S2/c1-3-8-17(15-9-5-4-6-10-15)22-18(25)14(2)27-20-24-23-19(28-20)21-13-16-11-7-12-26-16/h4-7,9-12,14,17H,3,8,13H2,1-2H3,(H,21,23)(H,22,25). The molecule has 3 aromatic rings. The number of hydrogen-bond acceptors (Lipinski definition) is 7. The molecule has 2 unspecified atom stereocenters. The van der Waals surface area contributed by atoms with Gasteiger partial charge in [0.05, 0.1) is 24.1 Å². The summed E-state index contributed by atoms with van der Waals surface area (Å²) >= 11 is 2.85. The lowest BCUT2D eigenvalue weighted by Gasteiger charge is -2.20. The third-order valence-electron chi connectivity index (χ3n) is 4.14. The minimum absolute atomic E-state index is 0.00704. The lowest BCUT2D eigenvalue weighted by atomic mass is 10.0. The van der Waals surface area contributed by atoms with Gasteiger partial charge in [0.25, 0.3) is 0 Å². The Labute approximate surface area is 173 Å². The summed E-state index contributed by atoms with van der Waals surface area (Å²) in [7, 11) is 0. The number of rotatable bonds is 10. The molecule has 0 aliphatic rings. The molecule has 2 aromatic heterocycles. The first-order valence-corrected chi connectivity index (χ1v) is 11.0. The van der Waals surface area contributed by atoms with Gasteiger partial charge in [-0.1, -0.05) is 66.8 Å². The van der Waals surface area contributed by atoms with Crippen molar-refractivity contribution in [2.75, 3.05) is 5.32 Å². The summed E-state index contributed by atoms with van der Waals surface area (Å²) in [6, 6.07) is 13.9. The third-order valence-corrected chi connectivity index (χ3v) is 6.21. The molecule has 1 aromatic carbocycles. The fourth-order valence-electron chi connectivity index (χ4n) is 2.69. The lowest BCUT2D eigenvalue weighted by molar-refractivity contribution is -0.121. The van der Waals surface area contributed by atoms with Gasteiger partial charge in [-0.15, -0.1) is 10.2 Å². The summed E-state index contributed by atoms with van der Waals surface area (Å²) in [6.45, 7) is 4.57. The summed E-state index contributed by atoms with van der Waals surface area (Å²) in [4.78, 5) is 12.7. The van der Waals surface area contributed by atoms with E-state index in [0.29, 0.717) is 11.7 Å². The van der Waals surface area contributed by atoms with Gasteiger partial charge in [-0.2, -0.15) is 0 Å². The molecular weight excluding hydrogens is 392 g/mol. The van der Waals surface area contributed by atoms with E-state index in [9.17, 15) is 4.79 Å². The molecule has 1 amide bonds. The van der Waals surface area contributed by atoms with Crippen LogP contribution in [0.5, 0.6) is 0 Å². The largest absolute Gasteiger partial charge is 0.467 e. The van der Waals surface area contributed by atoms with E-state index >= 15 is 0 Å². The Kier molecular flexibility index (Phi) is 7.50. The van der Waals surface area contributed by atoms with Crippen molar-refractivity contribution in [1.29, 1.82) is 0 Å². The number of nitrogens with one attached hydrogen (secondary N) is 2. The predicted octanol–water partition coefficient (Wildman–Crippen LogP) is 4.88. The molecular formula is C20H24N4O2S2. The number of carbonyl (C=O) groups is 1. The van der Waals surface area contributed by atoms with Gasteiger partial charge in [-0.3, -0.25) is 4.79 Å². The number of furan rings is 1. The second-order valence-electron chi connectivity index (χ2n) is 6.33. The highest BCUT2D eigenvalue weighted by molar-refractivity contribution is 8.02. The van der Waals surface area contributed by atoms with Crippen LogP contribution in [0.4, 0.5) is 5.13 Å². The average Bonchev–Trinajstić information content (AvgIpc) is 3.38. The van der Waals surface area contributed by atoms with Gasteiger partial charge in [0, 0.05) is 0 Å². The fraction of sp³-hybridized carbons (Fsp3) is 0.350. The maximum absolute atomic E-state index is 12.7. The molecule has 0 fully saturated rings. The van der Waals surface area contributed by atoms with Gasteiger partial charge in [0.15, 0.2) is 4.34 Å². The van der Waals surface area contributed by atoms with Crippen LogP contribution in [0.2, 0.25) is 0 Å². The summed E-state index contributed by atoms with van der Waals surface area (Å²) in [5.74, 6) is 0.840. The van der Waals surface area contributed by atoms with Gasteiger partial charge >= 0.3 is 0 Å². The lowest BCUT2D eigenvalue weighted by Crippen LogP contribution is -2.34. The molecule has 8 heteroatoms. The van der Waals surface area contributed by atoms with E-state index in [-0.39, 0.29) is 17.2 Å². The summed E-state index contributed by atoms with van der Waals surface area (Å²) < 4.78 is 6.05. The Morgan fingerprint density at radius 3 is 2.75 bits per heavy atom. The molecule has 3 rings (SSSR count). The number of amides is 1. The van der Waals surface area contributed by atoms with Gasteiger partial charge in [-0.05, 0) is 31.0 Å². The van der Waals surface area contributed by atoms with Crippen LogP contribution in [0, 0.1) is 0 Å². The monoisotopic (exact) mass is 416 g/mol. The first-order chi connectivity index (χ1) is 13.7. The Bertz CT molecular complexity index is 852. The van der Waals surface area contributed by atoms with Crippen LogP contribution < -0.4 is 10.6 Å². The van der Waals surface area contributed by atoms with E-state index < -0.39 is 0 Å². The molecule has 2 heterocycles. The normalized spacial score (nSPS) is 13.1. The van der Waals surface area contributed by atoms with Crippen LogP contribution in [0.3, 0.4) is 0 Å². The van der Waals surface area contributed by atoms with Crippen LogP contribution in [-0.2, 0) is 11.3 Å². The summed E-state index contributed by atoms with van der Waals surface area (Å²) in [5, 5.41) is 15.1. The topological polar surface area (TPSA) is 80.0 Å². The molecule has 28 heavy (non-hydrogen) atoms. The number of anilines is 1. The highest BCUT2D eigenvalue weighted by atomic mass is 32.2. The smallest absolute Gasteiger partial charge is 0.233 e. The van der Waals surface area contributed by atoms with Crippen molar-refractivity contribution < 1.29 is 9.21 Å². The molecule has 0 bridgehead atoms. The number of hydrogen-bond donors (Lipinski definition) is 2. The highest BCUT2D eigenvalue weighted by Crippen LogP contribution is 2.30. The van der Waals surface area contributed by atoms with E-state index in [0.717, 1.165) is 28.5 Å². The minimum atomic E-state index is -0.256. The molecule has 148 valence electrons. The van der Waals surface area contributed by atoms with Crippen LogP contribution in [-0.4, -0.2) is 21.4 Å². The summed E-state index contributed by atoms with van der Waals surface area (Å²) in [5.41, 5.74) is 1.13. The molecule has 0 aliphatic heterocycles. The number of benzene rings is 1. The second-order valence-corrected chi connectivity index (χ2v) is 8.89. The third kappa shape index (κ3) is 5.84. The number of thioether (sulfide) groups is 1. The van der Waals surface area contributed by atoms with Crippen molar-refractivity contribution in [1.82, 2.24) is 15.5 Å². The van der Waals surface area contributed by atoms with Crippen molar-refractivity contribution in [3.63, 3.8) is 0 Å². The Morgan fingerprint density at radius 2 is 2.04 bits per heavy atom. The van der Waals surface area contributed by atoms with Gasteiger partial charge in [0.2, 0.25) is 11.0 Å². The Balaban J connectivity index is 1.53. The van der Waals surface area contributed by atoms with Crippen LogP contribution in [0.15, 0.2) is 57.5 Å². The quantitative estimate of drug-likeness (QED) is 0.459. The molecule has 0 saturated carbocycles. The van der Waals surface area contributed by atoms with Crippen LogP contribution >= 0.6 is 23.1 Å². The SMILES string of the molecule is CCCC(NC(=O)C(C)Sc1nnc(NCc2ccco2)s1)c1ccccc1. The van der Waals surface area contributed by atoms with E-state index in [1.807, 2.05) is 37.3 Å². The molecule has 0 saturated heterocycles. The molecule has 2 N–H and O–H groups in total. The van der Waals surface area contributed by atoms with Crippen molar-refractivity contribution in [2.45, 2.75) is 48.9 Å². The van der Waals surface area contributed by atoms with E-state index in [1.165, 1.54) is 23.1 Å². The Hall–Kier alpha value is -2.32. The molecule has 0 spiro atoms. The van der Waals surface area contributed by atoms with Gasteiger partial charge in [-0.25, -0.2) is 0 Å². The first-order valence-electron chi connectivity index (χ1n) is 9.27.